The van der Waals surface area contributed by atoms with Crippen LogP contribution in [0.1, 0.15) is 28.7 Å². The van der Waals surface area contributed by atoms with Gasteiger partial charge in [-0.3, -0.25) is 0 Å². The summed E-state index contributed by atoms with van der Waals surface area (Å²) in [6.07, 6.45) is -1.31. The summed E-state index contributed by atoms with van der Waals surface area (Å²) in [5.74, 6) is -5.33. The zero-order valence-corrected chi connectivity index (χ0v) is 20.5. The number of rotatable bonds is 7. The normalized spacial score (nSPS) is 11.1. The van der Waals surface area contributed by atoms with Gasteiger partial charge in [0.2, 0.25) is 0 Å². The molecule has 0 radical (unpaired) electrons. The van der Waals surface area contributed by atoms with Crippen LogP contribution in [0.2, 0.25) is 0 Å². The molecule has 204 valence electrons. The molecule has 0 aliphatic carbocycles. The van der Waals surface area contributed by atoms with Gasteiger partial charge in [-0.25, -0.2) is 26.3 Å². The summed E-state index contributed by atoms with van der Waals surface area (Å²) in [5, 5.41) is 0. The zero-order valence-electron chi connectivity index (χ0n) is 20.5. The Hall–Kier alpha value is -4.58. The number of halogens is 8. The van der Waals surface area contributed by atoms with Crippen LogP contribution >= 0.6 is 0 Å². The summed E-state index contributed by atoms with van der Waals surface area (Å²) in [6.45, 7) is 3.64. The van der Waals surface area contributed by atoms with E-state index >= 15 is 0 Å². The number of alkyl halides is 2. The molecule has 0 aliphatic rings. The molecule has 0 N–H and O–H groups in total. The average molecular weight is 558 g/mol. The van der Waals surface area contributed by atoms with Crippen molar-refractivity contribution in [3.63, 3.8) is 0 Å². The van der Waals surface area contributed by atoms with Crippen molar-refractivity contribution in [2.24, 2.45) is 0 Å². The van der Waals surface area contributed by atoms with E-state index in [4.69, 9.17) is 0 Å². The predicted molar refractivity (Wildman–Crippen MR) is 134 cm³/mol. The van der Waals surface area contributed by atoms with E-state index in [0.717, 1.165) is 42.7 Å². The summed E-state index contributed by atoms with van der Waals surface area (Å²) in [5.41, 5.74) is -0.952. The summed E-state index contributed by atoms with van der Waals surface area (Å²) < 4.78 is 118. The number of hydrogen-bond acceptors (Lipinski definition) is 1. The first kappa shape index (κ1) is 28.4. The molecule has 0 bridgehead atoms. The first-order chi connectivity index (χ1) is 19.0. The molecule has 0 aliphatic heterocycles. The minimum Gasteiger partial charge on any atom is -0.429 e. The molecule has 0 atom stereocenters. The van der Waals surface area contributed by atoms with Gasteiger partial charge >= 0.3 is 6.11 Å². The molecule has 0 amide bonds. The van der Waals surface area contributed by atoms with Gasteiger partial charge in [-0.1, -0.05) is 42.2 Å². The van der Waals surface area contributed by atoms with Crippen molar-refractivity contribution in [2.75, 3.05) is 0 Å². The Morgan fingerprint density at radius 2 is 1.32 bits per heavy atom. The van der Waals surface area contributed by atoms with Crippen LogP contribution in [0.4, 0.5) is 35.1 Å². The fourth-order valence-electron chi connectivity index (χ4n) is 3.78. The first-order valence-corrected chi connectivity index (χ1v) is 11.7. The van der Waals surface area contributed by atoms with Gasteiger partial charge in [-0.05, 0) is 65.9 Å². The highest BCUT2D eigenvalue weighted by molar-refractivity contribution is 5.64. The van der Waals surface area contributed by atoms with Crippen molar-refractivity contribution in [1.82, 2.24) is 0 Å². The van der Waals surface area contributed by atoms with Crippen LogP contribution in [-0.2, 0) is 12.5 Å². The van der Waals surface area contributed by atoms with Crippen molar-refractivity contribution in [3.05, 3.63) is 137 Å². The standard InChI is InChI=1S/C31H18F8O/c1-2-3-4-18-5-8-20(9-6-18)22-15-25(33)29(26(34)16-22)31(38,39)40-23-12-11-21(24(32)17-23)10-7-19-13-27(35)30(37)28(36)14-19/h2,5-6,8-9,11-17H,1,3-4H2. The largest absolute Gasteiger partial charge is 0.432 e. The fraction of sp³-hybridized carbons (Fsp3) is 0.0968. The molecule has 0 heterocycles. The van der Waals surface area contributed by atoms with E-state index in [-0.39, 0.29) is 16.7 Å². The average Bonchev–Trinajstić information content (AvgIpc) is 2.89. The Balaban J connectivity index is 1.55. The van der Waals surface area contributed by atoms with Crippen molar-refractivity contribution in [1.29, 1.82) is 0 Å². The third kappa shape index (κ3) is 6.34. The molecule has 4 aromatic carbocycles. The number of benzene rings is 4. The number of allylic oxidation sites excluding steroid dienone is 1. The van der Waals surface area contributed by atoms with E-state index < -0.39 is 52.3 Å². The van der Waals surface area contributed by atoms with Gasteiger partial charge in [-0.15, -0.1) is 6.58 Å². The van der Waals surface area contributed by atoms with Gasteiger partial charge in [0.05, 0.1) is 5.56 Å². The SMILES string of the molecule is C=CCCc1ccc(-c2cc(F)c(C(F)(F)Oc3ccc(C#Cc4cc(F)c(F)c(F)c4)c(F)c3)c(F)c2)cc1. The molecular weight excluding hydrogens is 540 g/mol. The molecule has 0 spiro atoms. The molecule has 0 saturated heterocycles. The summed E-state index contributed by atoms with van der Waals surface area (Å²) >= 11 is 0. The van der Waals surface area contributed by atoms with Crippen LogP contribution in [-0.4, -0.2) is 0 Å². The first-order valence-electron chi connectivity index (χ1n) is 11.7. The van der Waals surface area contributed by atoms with Crippen LogP contribution < -0.4 is 4.74 Å². The van der Waals surface area contributed by atoms with Crippen molar-refractivity contribution in [3.8, 4) is 28.7 Å². The monoisotopic (exact) mass is 558 g/mol. The van der Waals surface area contributed by atoms with Crippen molar-refractivity contribution < 1.29 is 39.9 Å². The van der Waals surface area contributed by atoms with E-state index in [0.29, 0.717) is 23.8 Å². The highest BCUT2D eigenvalue weighted by Gasteiger charge is 2.41. The third-order valence-electron chi connectivity index (χ3n) is 5.77. The smallest absolute Gasteiger partial charge is 0.429 e. The van der Waals surface area contributed by atoms with Gasteiger partial charge in [0.15, 0.2) is 17.5 Å². The van der Waals surface area contributed by atoms with Crippen LogP contribution in [0.5, 0.6) is 5.75 Å². The second-order valence-corrected chi connectivity index (χ2v) is 8.60. The van der Waals surface area contributed by atoms with E-state index in [1.165, 1.54) is 0 Å². The lowest BCUT2D eigenvalue weighted by atomic mass is 10.00. The van der Waals surface area contributed by atoms with Crippen molar-refractivity contribution >= 4 is 0 Å². The Kier molecular flexibility index (Phi) is 8.29. The third-order valence-corrected chi connectivity index (χ3v) is 5.77. The van der Waals surface area contributed by atoms with Gasteiger partial charge in [0.25, 0.3) is 0 Å². The molecular formula is C31H18F8O. The second kappa shape index (κ2) is 11.7. The molecule has 40 heavy (non-hydrogen) atoms. The Labute approximate surface area is 224 Å². The summed E-state index contributed by atoms with van der Waals surface area (Å²) in [7, 11) is 0. The minimum atomic E-state index is -4.52. The highest BCUT2D eigenvalue weighted by atomic mass is 19.3. The maximum atomic E-state index is 14.8. The number of hydrogen-bond donors (Lipinski definition) is 0. The number of ether oxygens (including phenoxy) is 1. The summed E-state index contributed by atoms with van der Waals surface area (Å²) in [4.78, 5) is 0. The lowest BCUT2D eigenvalue weighted by Gasteiger charge is -2.20. The predicted octanol–water partition coefficient (Wildman–Crippen LogP) is 8.83. The molecule has 4 rings (SSSR count). The minimum absolute atomic E-state index is 0.0275. The van der Waals surface area contributed by atoms with E-state index in [2.05, 4.69) is 23.2 Å². The summed E-state index contributed by atoms with van der Waals surface area (Å²) in [6, 6.07) is 11.7. The zero-order chi connectivity index (χ0) is 29.0. The maximum absolute atomic E-state index is 14.8. The molecule has 0 unspecified atom stereocenters. The lowest BCUT2D eigenvalue weighted by Crippen LogP contribution is -2.25. The molecule has 0 aromatic heterocycles. The Bertz CT molecular complexity index is 1590. The molecule has 0 saturated carbocycles. The topological polar surface area (TPSA) is 9.23 Å². The van der Waals surface area contributed by atoms with Crippen LogP contribution in [0.25, 0.3) is 11.1 Å². The van der Waals surface area contributed by atoms with E-state index in [9.17, 15) is 35.1 Å². The fourth-order valence-corrected chi connectivity index (χ4v) is 3.78. The van der Waals surface area contributed by atoms with Crippen LogP contribution in [0.15, 0.2) is 79.4 Å². The quantitative estimate of drug-likeness (QED) is 0.0953. The van der Waals surface area contributed by atoms with Crippen LogP contribution in [0, 0.1) is 46.7 Å². The van der Waals surface area contributed by atoms with Gasteiger partial charge < -0.3 is 4.74 Å². The second-order valence-electron chi connectivity index (χ2n) is 8.60. The van der Waals surface area contributed by atoms with Crippen LogP contribution in [0.3, 0.4) is 0 Å². The maximum Gasteiger partial charge on any atom is 0.432 e. The molecule has 0 fully saturated rings. The Morgan fingerprint density at radius 1 is 0.700 bits per heavy atom. The van der Waals surface area contributed by atoms with Gasteiger partial charge in [0, 0.05) is 11.6 Å². The lowest BCUT2D eigenvalue weighted by molar-refractivity contribution is -0.189. The highest BCUT2D eigenvalue weighted by Crippen LogP contribution is 2.37. The number of aryl methyl sites for hydroxylation is 1. The van der Waals surface area contributed by atoms with E-state index in [1.54, 1.807) is 30.3 Å². The van der Waals surface area contributed by atoms with Gasteiger partial charge in [-0.2, -0.15) is 8.78 Å². The molecule has 4 aromatic rings. The van der Waals surface area contributed by atoms with E-state index in [1.807, 2.05) is 0 Å². The Morgan fingerprint density at radius 3 is 1.90 bits per heavy atom. The molecule has 1 nitrogen and oxygen atoms in total. The van der Waals surface area contributed by atoms with Crippen molar-refractivity contribution in [2.45, 2.75) is 19.0 Å². The van der Waals surface area contributed by atoms with Gasteiger partial charge in [0.1, 0.15) is 28.8 Å². The molecule has 9 heteroatoms.